The minimum absolute atomic E-state index is 0.0929. The zero-order valence-electron chi connectivity index (χ0n) is 11.9. The second kappa shape index (κ2) is 6.36. The Morgan fingerprint density at radius 1 is 0.900 bits per heavy atom. The largest absolute Gasteiger partial charge is 0.464 e. The Balaban J connectivity index is 3.02. The topological polar surface area (TPSA) is 93.2 Å². The molecule has 8 nitrogen and oxygen atoms in total. The second-order valence-electron chi connectivity index (χ2n) is 4.21. The molecule has 0 aromatic heterocycles. The number of hydrogen-bond acceptors (Lipinski definition) is 6. The van der Waals surface area contributed by atoms with Crippen LogP contribution in [-0.2, 0) is 28.7 Å². The lowest BCUT2D eigenvalue weighted by Gasteiger charge is -2.39. The van der Waals surface area contributed by atoms with E-state index in [-0.39, 0.29) is 13.2 Å². The van der Waals surface area contributed by atoms with Crippen LogP contribution in [0, 0.1) is 0 Å². The van der Waals surface area contributed by atoms with Crippen LogP contribution in [0.25, 0.3) is 0 Å². The predicted molar refractivity (Wildman–Crippen MR) is 66.4 cm³/mol. The molecule has 20 heavy (non-hydrogen) atoms. The first kappa shape index (κ1) is 15.9. The van der Waals surface area contributed by atoms with Gasteiger partial charge in [-0.15, -0.1) is 0 Å². The minimum Gasteiger partial charge on any atom is -0.464 e. The molecule has 112 valence electrons. The molecule has 1 aliphatic heterocycles. The maximum absolute atomic E-state index is 12.1. The highest BCUT2D eigenvalue weighted by Crippen LogP contribution is 2.17. The molecule has 0 saturated carbocycles. The monoisotopic (exact) mass is 286 g/mol. The summed E-state index contributed by atoms with van der Waals surface area (Å²) in [6.45, 7) is 3.38. The molecule has 0 bridgehead atoms. The minimum atomic E-state index is -1.36. The molecule has 0 spiro atoms. The fourth-order valence-electron chi connectivity index (χ4n) is 1.93. The highest BCUT2D eigenvalue weighted by Gasteiger charge is 2.50. The highest BCUT2D eigenvalue weighted by molar-refractivity contribution is 6.14. The molecule has 1 aliphatic rings. The average molecular weight is 286 g/mol. The van der Waals surface area contributed by atoms with Gasteiger partial charge < -0.3 is 19.3 Å². The number of piperazine rings is 1. The van der Waals surface area contributed by atoms with E-state index < -0.39 is 35.8 Å². The van der Waals surface area contributed by atoms with Gasteiger partial charge in [0.2, 0.25) is 12.1 Å². The molecule has 1 heterocycles. The van der Waals surface area contributed by atoms with Crippen LogP contribution >= 0.6 is 0 Å². The predicted octanol–water partition coefficient (Wildman–Crippen LogP) is -1.22. The van der Waals surface area contributed by atoms with Gasteiger partial charge in [0, 0.05) is 14.1 Å². The van der Waals surface area contributed by atoms with Crippen molar-refractivity contribution in [3.05, 3.63) is 0 Å². The summed E-state index contributed by atoms with van der Waals surface area (Å²) < 4.78 is 9.53. The van der Waals surface area contributed by atoms with Crippen LogP contribution in [0.15, 0.2) is 0 Å². The molecular formula is C12H18N2O6. The molecule has 0 aromatic rings. The lowest BCUT2D eigenvalue weighted by atomic mass is 10.1. The van der Waals surface area contributed by atoms with Crippen molar-refractivity contribution >= 4 is 23.8 Å². The molecule has 1 fully saturated rings. The lowest BCUT2D eigenvalue weighted by molar-refractivity contribution is -0.176. The van der Waals surface area contributed by atoms with Gasteiger partial charge >= 0.3 is 11.9 Å². The van der Waals surface area contributed by atoms with Gasteiger partial charge in [0.1, 0.15) is 0 Å². The van der Waals surface area contributed by atoms with E-state index in [1.807, 2.05) is 0 Å². The number of rotatable bonds is 4. The van der Waals surface area contributed by atoms with E-state index in [0.29, 0.717) is 0 Å². The zero-order valence-corrected chi connectivity index (χ0v) is 11.9. The summed E-state index contributed by atoms with van der Waals surface area (Å²) in [5.41, 5.74) is 0. The zero-order chi connectivity index (χ0) is 15.4. The maximum Gasteiger partial charge on any atom is 0.338 e. The Morgan fingerprint density at radius 2 is 1.20 bits per heavy atom. The summed E-state index contributed by atoms with van der Waals surface area (Å²) in [6.07, 6.45) is 0. The molecule has 1 saturated heterocycles. The van der Waals surface area contributed by atoms with E-state index in [9.17, 15) is 19.2 Å². The van der Waals surface area contributed by atoms with Crippen molar-refractivity contribution < 1.29 is 28.7 Å². The van der Waals surface area contributed by atoms with Crippen molar-refractivity contribution in [1.29, 1.82) is 0 Å². The average Bonchev–Trinajstić information content (AvgIpc) is 2.37. The first-order valence-electron chi connectivity index (χ1n) is 6.23. The Bertz CT molecular complexity index is 396. The van der Waals surface area contributed by atoms with Crippen molar-refractivity contribution in [3.8, 4) is 0 Å². The van der Waals surface area contributed by atoms with Crippen molar-refractivity contribution in [2.24, 2.45) is 0 Å². The molecular weight excluding hydrogens is 268 g/mol. The van der Waals surface area contributed by atoms with Gasteiger partial charge in [-0.05, 0) is 13.8 Å². The summed E-state index contributed by atoms with van der Waals surface area (Å²) in [5, 5.41) is 0. The molecule has 0 aromatic carbocycles. The highest BCUT2D eigenvalue weighted by atomic mass is 16.5. The SMILES string of the molecule is CCOC(=O)C1C(=O)N(C)C(C(=O)OCC)C(=O)N1C. The fourth-order valence-corrected chi connectivity index (χ4v) is 1.93. The van der Waals surface area contributed by atoms with Crippen molar-refractivity contribution in [1.82, 2.24) is 9.80 Å². The van der Waals surface area contributed by atoms with Crippen molar-refractivity contribution in [2.75, 3.05) is 27.3 Å². The third kappa shape index (κ3) is 2.73. The quantitative estimate of drug-likeness (QED) is 0.475. The number of ether oxygens (including phenoxy) is 2. The van der Waals surface area contributed by atoms with Gasteiger partial charge in [-0.2, -0.15) is 0 Å². The molecule has 0 radical (unpaired) electrons. The first-order valence-corrected chi connectivity index (χ1v) is 6.23. The number of hydrogen-bond donors (Lipinski definition) is 0. The van der Waals surface area contributed by atoms with Crippen LogP contribution in [0.3, 0.4) is 0 Å². The van der Waals surface area contributed by atoms with Crippen LogP contribution < -0.4 is 0 Å². The van der Waals surface area contributed by atoms with E-state index in [1.54, 1.807) is 13.8 Å². The Labute approximate surface area is 116 Å². The van der Waals surface area contributed by atoms with Crippen LogP contribution in [0.4, 0.5) is 0 Å². The Morgan fingerprint density at radius 3 is 1.45 bits per heavy atom. The molecule has 2 unspecified atom stereocenters. The maximum atomic E-state index is 12.1. The van der Waals surface area contributed by atoms with Crippen LogP contribution in [0.1, 0.15) is 13.8 Å². The number of amides is 2. The summed E-state index contributed by atoms with van der Waals surface area (Å²) in [4.78, 5) is 49.6. The van der Waals surface area contributed by atoms with Crippen LogP contribution in [0.5, 0.6) is 0 Å². The summed E-state index contributed by atoms with van der Waals surface area (Å²) in [5.74, 6) is -2.99. The normalized spacial score (nSPS) is 22.8. The Kier molecular flexibility index (Phi) is 5.06. The summed E-state index contributed by atoms with van der Waals surface area (Å²) in [6, 6.07) is -2.73. The third-order valence-corrected chi connectivity index (χ3v) is 2.96. The van der Waals surface area contributed by atoms with Gasteiger partial charge in [-0.3, -0.25) is 9.59 Å². The number of esters is 2. The standard InChI is InChI=1S/C12H18N2O6/c1-5-19-11(17)7-9(15)14(4)8(10(16)13(7)3)12(18)20-6-2/h7-8H,5-6H2,1-4H3. The number of carbonyl (C=O) groups is 4. The molecule has 1 rings (SSSR count). The Hall–Kier alpha value is -2.12. The van der Waals surface area contributed by atoms with Crippen molar-refractivity contribution in [3.63, 3.8) is 0 Å². The van der Waals surface area contributed by atoms with Crippen molar-refractivity contribution in [2.45, 2.75) is 25.9 Å². The van der Waals surface area contributed by atoms with Crippen LogP contribution in [-0.4, -0.2) is 72.9 Å². The molecule has 0 N–H and O–H groups in total. The van der Waals surface area contributed by atoms with E-state index in [0.717, 1.165) is 9.80 Å². The second-order valence-corrected chi connectivity index (χ2v) is 4.21. The van der Waals surface area contributed by atoms with E-state index >= 15 is 0 Å². The third-order valence-electron chi connectivity index (χ3n) is 2.96. The summed E-state index contributed by atoms with van der Waals surface area (Å²) >= 11 is 0. The number of nitrogens with zero attached hydrogens (tertiary/aromatic N) is 2. The van der Waals surface area contributed by atoms with Crippen LogP contribution in [0.2, 0.25) is 0 Å². The fraction of sp³-hybridized carbons (Fsp3) is 0.667. The van der Waals surface area contributed by atoms with Gasteiger partial charge in [0.05, 0.1) is 13.2 Å². The molecule has 2 atom stereocenters. The molecule has 0 aliphatic carbocycles. The summed E-state index contributed by atoms with van der Waals surface area (Å²) in [7, 11) is 2.56. The van der Waals surface area contributed by atoms with E-state index in [2.05, 4.69) is 0 Å². The number of carbonyl (C=O) groups excluding carboxylic acids is 4. The first-order chi connectivity index (χ1) is 9.36. The van der Waals surface area contributed by atoms with E-state index in [1.165, 1.54) is 14.1 Å². The number of likely N-dealkylation sites (N-methyl/N-ethyl adjacent to an activating group) is 2. The smallest absolute Gasteiger partial charge is 0.338 e. The van der Waals surface area contributed by atoms with Gasteiger partial charge in [-0.1, -0.05) is 0 Å². The lowest BCUT2D eigenvalue weighted by Crippen LogP contribution is -2.67. The van der Waals surface area contributed by atoms with Gasteiger partial charge in [-0.25, -0.2) is 9.59 Å². The van der Waals surface area contributed by atoms with E-state index in [4.69, 9.17) is 9.47 Å². The van der Waals surface area contributed by atoms with Gasteiger partial charge in [0.25, 0.3) is 11.8 Å². The molecule has 2 amide bonds. The van der Waals surface area contributed by atoms with Gasteiger partial charge in [0.15, 0.2) is 0 Å². The molecule has 8 heteroatoms.